The van der Waals surface area contributed by atoms with Gasteiger partial charge in [0.2, 0.25) is 0 Å². The van der Waals surface area contributed by atoms with Gasteiger partial charge in [-0.3, -0.25) is 4.79 Å². The van der Waals surface area contributed by atoms with Gasteiger partial charge in [0.25, 0.3) is 0 Å². The van der Waals surface area contributed by atoms with E-state index in [2.05, 4.69) is 0 Å². The summed E-state index contributed by atoms with van der Waals surface area (Å²) < 4.78 is 16.4. The van der Waals surface area contributed by atoms with E-state index in [1.54, 1.807) is 65.8 Å². The highest BCUT2D eigenvalue weighted by molar-refractivity contribution is 5.78. The molecule has 0 bridgehead atoms. The lowest BCUT2D eigenvalue weighted by molar-refractivity contribution is -0.145. The van der Waals surface area contributed by atoms with Crippen molar-refractivity contribution in [1.82, 2.24) is 4.90 Å². The summed E-state index contributed by atoms with van der Waals surface area (Å²) >= 11 is 0. The molecule has 1 N–H and O–H groups in total. The van der Waals surface area contributed by atoms with Crippen LogP contribution >= 0.6 is 0 Å². The van der Waals surface area contributed by atoms with Gasteiger partial charge in [0.15, 0.2) is 5.72 Å². The molecule has 1 aromatic rings. The van der Waals surface area contributed by atoms with Crippen molar-refractivity contribution < 1.29 is 28.9 Å². The van der Waals surface area contributed by atoms with Gasteiger partial charge in [0, 0.05) is 5.56 Å². The van der Waals surface area contributed by atoms with Crippen LogP contribution in [0.2, 0.25) is 0 Å². The first-order valence-electron chi connectivity index (χ1n) is 10.0. The fourth-order valence-corrected chi connectivity index (χ4v) is 3.51. The summed E-state index contributed by atoms with van der Waals surface area (Å²) in [6.45, 7) is 12.6. The number of amides is 1. The maximum atomic E-state index is 12.9. The summed E-state index contributed by atoms with van der Waals surface area (Å²) in [6.07, 6.45) is -0.0626. The molecule has 2 rings (SSSR count). The van der Waals surface area contributed by atoms with Gasteiger partial charge in [0.05, 0.1) is 12.5 Å². The second-order valence-electron chi connectivity index (χ2n) is 8.70. The Morgan fingerprint density at radius 3 is 2.28 bits per heavy atom. The van der Waals surface area contributed by atoms with Crippen LogP contribution < -0.4 is 0 Å². The zero-order valence-corrected chi connectivity index (χ0v) is 18.4. The topological polar surface area (TPSA) is 85.3 Å². The summed E-state index contributed by atoms with van der Waals surface area (Å²) in [5.41, 5.74) is -2.17. The molecular weight excluding hydrogens is 374 g/mol. The van der Waals surface area contributed by atoms with E-state index in [0.717, 1.165) is 5.56 Å². The maximum absolute atomic E-state index is 12.9. The fraction of sp³-hybridized carbons (Fsp3) is 0.636. The summed E-state index contributed by atoms with van der Waals surface area (Å²) in [4.78, 5) is 26.3. The number of nitrogens with zero attached hydrogens (tertiary/aromatic N) is 1. The third-order valence-electron chi connectivity index (χ3n) is 4.87. The molecule has 1 aliphatic rings. The number of carbonyl (C=O) groups excluding carboxylic acids is 2. The Morgan fingerprint density at radius 1 is 1.21 bits per heavy atom. The van der Waals surface area contributed by atoms with Crippen LogP contribution in [-0.4, -0.2) is 46.6 Å². The van der Waals surface area contributed by atoms with E-state index in [1.165, 1.54) is 4.90 Å². The molecule has 0 saturated carbocycles. The van der Waals surface area contributed by atoms with Crippen LogP contribution in [0.25, 0.3) is 0 Å². The molecule has 2 atom stereocenters. The molecule has 0 aromatic heterocycles. The van der Waals surface area contributed by atoms with Crippen LogP contribution in [0.4, 0.5) is 4.79 Å². The molecule has 7 heteroatoms. The number of hydrogen-bond acceptors (Lipinski definition) is 6. The Kier molecular flexibility index (Phi) is 6.65. The lowest BCUT2D eigenvalue weighted by Gasteiger charge is -2.39. The third kappa shape index (κ3) is 4.90. The number of benzene rings is 1. The van der Waals surface area contributed by atoms with Crippen LogP contribution in [0.5, 0.6) is 0 Å². The van der Waals surface area contributed by atoms with Crippen molar-refractivity contribution in [2.75, 3.05) is 13.2 Å². The standard InChI is InChI=1S/C22H33NO6/c1-8-17(18(24)27-9-2)15-10-12-16(13-11-15)22(26)14-28-21(6,7)23(22)19(25)29-20(3,4)5/h10-13,17,26H,8-9,14H2,1-7H3/t17?,22-/m1/s1. The molecule has 0 spiro atoms. The maximum Gasteiger partial charge on any atom is 0.415 e. The van der Waals surface area contributed by atoms with Crippen molar-refractivity contribution >= 4 is 12.1 Å². The van der Waals surface area contributed by atoms with Gasteiger partial charge < -0.3 is 19.3 Å². The van der Waals surface area contributed by atoms with Gasteiger partial charge >= 0.3 is 12.1 Å². The van der Waals surface area contributed by atoms with Crippen molar-refractivity contribution in [3.8, 4) is 0 Å². The van der Waals surface area contributed by atoms with Crippen LogP contribution in [0.3, 0.4) is 0 Å². The van der Waals surface area contributed by atoms with E-state index >= 15 is 0 Å². The lowest BCUT2D eigenvalue weighted by Crippen LogP contribution is -2.55. The second kappa shape index (κ2) is 8.32. The van der Waals surface area contributed by atoms with Crippen LogP contribution in [0.1, 0.15) is 71.9 Å². The predicted molar refractivity (Wildman–Crippen MR) is 108 cm³/mol. The van der Waals surface area contributed by atoms with Gasteiger partial charge in [-0.1, -0.05) is 31.2 Å². The molecule has 7 nitrogen and oxygen atoms in total. The molecule has 1 heterocycles. The Bertz CT molecular complexity index is 737. The first kappa shape index (κ1) is 23.2. The lowest BCUT2D eigenvalue weighted by atomic mass is 9.93. The molecule has 1 aliphatic heterocycles. The van der Waals surface area contributed by atoms with Gasteiger partial charge in [0.1, 0.15) is 17.9 Å². The second-order valence-corrected chi connectivity index (χ2v) is 8.70. The molecule has 1 fully saturated rings. The zero-order chi connectivity index (χ0) is 22.0. The molecule has 0 radical (unpaired) electrons. The number of carbonyl (C=O) groups is 2. The Labute approximate surface area is 172 Å². The number of rotatable bonds is 5. The summed E-state index contributed by atoms with van der Waals surface area (Å²) in [5.74, 6) is -0.654. The Hall–Kier alpha value is -2.12. The fourth-order valence-electron chi connectivity index (χ4n) is 3.51. The smallest absolute Gasteiger partial charge is 0.415 e. The predicted octanol–water partition coefficient (Wildman–Crippen LogP) is 3.89. The van der Waals surface area contributed by atoms with Gasteiger partial charge in [-0.25, -0.2) is 9.69 Å². The molecule has 162 valence electrons. The van der Waals surface area contributed by atoms with E-state index < -0.39 is 23.1 Å². The number of esters is 1. The third-order valence-corrected chi connectivity index (χ3v) is 4.87. The van der Waals surface area contributed by atoms with Gasteiger partial charge in [-0.05, 0) is 53.5 Å². The average Bonchev–Trinajstić information content (AvgIpc) is 2.85. The summed E-state index contributed by atoms with van der Waals surface area (Å²) in [5, 5.41) is 11.4. The SMILES string of the molecule is CCOC(=O)C(CC)c1ccc([C@]2(O)COC(C)(C)N2C(=O)OC(C)(C)C)cc1. The minimum Gasteiger partial charge on any atom is -0.466 e. The molecular formula is C22H33NO6. The first-order chi connectivity index (χ1) is 13.4. The largest absolute Gasteiger partial charge is 0.466 e. The zero-order valence-electron chi connectivity index (χ0n) is 18.4. The van der Waals surface area contributed by atoms with Crippen molar-refractivity contribution in [1.29, 1.82) is 0 Å². The van der Waals surface area contributed by atoms with Crippen LogP contribution in [-0.2, 0) is 24.7 Å². The normalized spacial score (nSPS) is 22.3. The number of aliphatic hydroxyl groups is 1. The monoisotopic (exact) mass is 407 g/mol. The van der Waals surface area contributed by atoms with E-state index in [4.69, 9.17) is 14.2 Å². The molecule has 0 aliphatic carbocycles. The highest BCUT2D eigenvalue weighted by atomic mass is 16.6. The molecule has 1 amide bonds. The van der Waals surface area contributed by atoms with E-state index in [9.17, 15) is 14.7 Å². The highest BCUT2D eigenvalue weighted by Gasteiger charge is 2.55. The van der Waals surface area contributed by atoms with Crippen LogP contribution in [0, 0.1) is 0 Å². The molecule has 1 saturated heterocycles. The van der Waals surface area contributed by atoms with Crippen molar-refractivity contribution in [3.05, 3.63) is 35.4 Å². The highest BCUT2D eigenvalue weighted by Crippen LogP contribution is 2.41. The quantitative estimate of drug-likeness (QED) is 0.746. The van der Waals surface area contributed by atoms with E-state index in [-0.39, 0.29) is 18.5 Å². The van der Waals surface area contributed by atoms with Crippen LogP contribution in [0.15, 0.2) is 24.3 Å². The van der Waals surface area contributed by atoms with Gasteiger partial charge in [-0.15, -0.1) is 0 Å². The van der Waals surface area contributed by atoms with Crippen molar-refractivity contribution in [2.24, 2.45) is 0 Å². The minimum atomic E-state index is -1.68. The molecule has 1 aromatic carbocycles. The number of ether oxygens (including phenoxy) is 3. The van der Waals surface area contributed by atoms with E-state index in [0.29, 0.717) is 18.6 Å². The molecule has 1 unspecified atom stereocenters. The Balaban J connectivity index is 2.36. The van der Waals surface area contributed by atoms with Gasteiger partial charge in [-0.2, -0.15) is 0 Å². The van der Waals surface area contributed by atoms with Crippen molar-refractivity contribution in [3.63, 3.8) is 0 Å². The van der Waals surface area contributed by atoms with E-state index in [1.807, 2.05) is 6.92 Å². The average molecular weight is 408 g/mol. The summed E-state index contributed by atoms with van der Waals surface area (Å²) in [6, 6.07) is 6.96. The van der Waals surface area contributed by atoms with Crippen molar-refractivity contribution in [2.45, 2.75) is 77.9 Å². The molecule has 29 heavy (non-hydrogen) atoms. The first-order valence-corrected chi connectivity index (χ1v) is 10.0. The number of hydrogen-bond donors (Lipinski definition) is 1. The minimum absolute atomic E-state index is 0.0896. The Morgan fingerprint density at radius 2 is 1.79 bits per heavy atom. The summed E-state index contributed by atoms with van der Waals surface area (Å²) in [7, 11) is 0.